The van der Waals surface area contributed by atoms with Crippen LogP contribution in [0.5, 0.6) is 0 Å². The van der Waals surface area contributed by atoms with Gasteiger partial charge in [0.15, 0.2) is 0 Å². The molecule has 3 rings (SSSR count). The van der Waals surface area contributed by atoms with E-state index in [4.69, 9.17) is 5.73 Å². The van der Waals surface area contributed by atoms with Crippen molar-refractivity contribution in [3.8, 4) is 0 Å². The Morgan fingerprint density at radius 3 is 2.62 bits per heavy atom. The van der Waals surface area contributed by atoms with Gasteiger partial charge in [-0.25, -0.2) is 0 Å². The maximum atomic E-state index is 6.30. The van der Waals surface area contributed by atoms with Crippen molar-refractivity contribution >= 4 is 5.69 Å². The molecule has 0 aliphatic carbocycles. The summed E-state index contributed by atoms with van der Waals surface area (Å²) in [5.74, 6) is 0.636. The molecule has 2 aromatic rings. The number of aryl methyl sites for hydroxylation is 1. The van der Waals surface area contributed by atoms with Gasteiger partial charge in [-0.05, 0) is 48.9 Å². The summed E-state index contributed by atoms with van der Waals surface area (Å²) in [7, 11) is 0. The molecule has 110 valence electrons. The Bertz CT molecular complexity index is 579. The zero-order chi connectivity index (χ0) is 14.7. The van der Waals surface area contributed by atoms with Crippen LogP contribution >= 0.6 is 0 Å². The fourth-order valence-electron chi connectivity index (χ4n) is 3.38. The molecule has 1 saturated heterocycles. The van der Waals surface area contributed by atoms with E-state index in [2.05, 4.69) is 66.4 Å². The fourth-order valence-corrected chi connectivity index (χ4v) is 3.38. The molecule has 1 fully saturated rings. The zero-order valence-electron chi connectivity index (χ0n) is 12.7. The summed E-state index contributed by atoms with van der Waals surface area (Å²) in [6.07, 6.45) is 2.24. The molecule has 2 N–H and O–H groups in total. The van der Waals surface area contributed by atoms with Crippen molar-refractivity contribution in [3.63, 3.8) is 0 Å². The lowest BCUT2D eigenvalue weighted by Crippen LogP contribution is -2.47. The predicted molar refractivity (Wildman–Crippen MR) is 89.6 cm³/mol. The second-order valence-electron chi connectivity index (χ2n) is 6.30. The molecular formula is C19H24N2. The van der Waals surface area contributed by atoms with Crippen molar-refractivity contribution in [2.75, 3.05) is 18.0 Å². The molecule has 2 aromatic carbocycles. The fraction of sp³-hybridized carbons (Fsp3) is 0.368. The molecule has 1 heterocycles. The Morgan fingerprint density at radius 2 is 1.86 bits per heavy atom. The van der Waals surface area contributed by atoms with Gasteiger partial charge in [0, 0.05) is 24.8 Å². The summed E-state index contributed by atoms with van der Waals surface area (Å²) >= 11 is 0. The SMILES string of the molecule is Cc1cccc(N2CC(N)CC(Cc3ccccc3)C2)c1. The van der Waals surface area contributed by atoms with E-state index in [1.54, 1.807) is 0 Å². The molecule has 0 saturated carbocycles. The monoisotopic (exact) mass is 280 g/mol. The van der Waals surface area contributed by atoms with Gasteiger partial charge in [-0.2, -0.15) is 0 Å². The molecule has 0 aromatic heterocycles. The zero-order valence-corrected chi connectivity index (χ0v) is 12.7. The molecule has 0 radical (unpaired) electrons. The molecule has 0 bridgehead atoms. The number of hydrogen-bond acceptors (Lipinski definition) is 2. The van der Waals surface area contributed by atoms with E-state index in [0.29, 0.717) is 5.92 Å². The van der Waals surface area contributed by atoms with E-state index in [0.717, 1.165) is 25.9 Å². The van der Waals surface area contributed by atoms with Gasteiger partial charge in [0.1, 0.15) is 0 Å². The third-order valence-corrected chi connectivity index (χ3v) is 4.30. The highest BCUT2D eigenvalue weighted by Crippen LogP contribution is 2.25. The smallest absolute Gasteiger partial charge is 0.0369 e. The molecule has 2 nitrogen and oxygen atoms in total. The van der Waals surface area contributed by atoms with E-state index >= 15 is 0 Å². The summed E-state index contributed by atoms with van der Waals surface area (Å²) in [6.45, 7) is 4.22. The number of nitrogens with zero attached hydrogens (tertiary/aromatic N) is 1. The van der Waals surface area contributed by atoms with E-state index in [9.17, 15) is 0 Å². The number of anilines is 1. The average molecular weight is 280 g/mol. The Balaban J connectivity index is 1.72. The van der Waals surface area contributed by atoms with Crippen LogP contribution in [0.1, 0.15) is 17.5 Å². The minimum absolute atomic E-state index is 0.271. The van der Waals surface area contributed by atoms with Crippen molar-refractivity contribution < 1.29 is 0 Å². The largest absolute Gasteiger partial charge is 0.370 e. The first-order valence-electron chi connectivity index (χ1n) is 7.82. The predicted octanol–water partition coefficient (Wildman–Crippen LogP) is 3.39. The first-order chi connectivity index (χ1) is 10.2. The summed E-state index contributed by atoms with van der Waals surface area (Å²) in [5.41, 5.74) is 10.3. The lowest BCUT2D eigenvalue weighted by Gasteiger charge is -2.38. The second-order valence-corrected chi connectivity index (χ2v) is 6.30. The number of benzene rings is 2. The molecule has 1 aliphatic rings. The molecule has 1 aliphatic heterocycles. The van der Waals surface area contributed by atoms with Crippen LogP contribution < -0.4 is 10.6 Å². The maximum Gasteiger partial charge on any atom is 0.0369 e. The average Bonchev–Trinajstić information content (AvgIpc) is 2.48. The Kier molecular flexibility index (Phi) is 4.26. The van der Waals surface area contributed by atoms with Crippen LogP contribution in [0.25, 0.3) is 0 Å². The van der Waals surface area contributed by atoms with Crippen LogP contribution in [0.3, 0.4) is 0 Å². The Labute approximate surface area is 127 Å². The summed E-state index contributed by atoms with van der Waals surface area (Å²) in [6, 6.07) is 19.8. The lowest BCUT2D eigenvalue weighted by atomic mass is 9.88. The van der Waals surface area contributed by atoms with Gasteiger partial charge in [0.05, 0.1) is 0 Å². The van der Waals surface area contributed by atoms with Gasteiger partial charge in [0.2, 0.25) is 0 Å². The summed E-state index contributed by atoms with van der Waals surface area (Å²) in [4.78, 5) is 2.45. The molecule has 21 heavy (non-hydrogen) atoms. The maximum absolute atomic E-state index is 6.30. The highest BCUT2D eigenvalue weighted by atomic mass is 15.2. The minimum atomic E-state index is 0.271. The van der Waals surface area contributed by atoms with Gasteiger partial charge in [-0.15, -0.1) is 0 Å². The van der Waals surface area contributed by atoms with E-state index in [1.807, 2.05) is 0 Å². The second kappa shape index (κ2) is 6.31. The molecular weight excluding hydrogens is 256 g/mol. The lowest BCUT2D eigenvalue weighted by molar-refractivity contribution is 0.374. The van der Waals surface area contributed by atoms with Gasteiger partial charge >= 0.3 is 0 Å². The van der Waals surface area contributed by atoms with E-state index in [1.165, 1.54) is 16.8 Å². The van der Waals surface area contributed by atoms with Gasteiger partial charge in [-0.3, -0.25) is 0 Å². The van der Waals surface area contributed by atoms with Gasteiger partial charge in [-0.1, -0.05) is 42.5 Å². The van der Waals surface area contributed by atoms with Crippen molar-refractivity contribution in [1.29, 1.82) is 0 Å². The molecule has 2 heteroatoms. The third-order valence-electron chi connectivity index (χ3n) is 4.30. The van der Waals surface area contributed by atoms with Crippen molar-refractivity contribution in [1.82, 2.24) is 0 Å². The molecule has 2 atom stereocenters. The Morgan fingerprint density at radius 1 is 1.05 bits per heavy atom. The van der Waals surface area contributed by atoms with Crippen LogP contribution in [-0.2, 0) is 6.42 Å². The highest BCUT2D eigenvalue weighted by molar-refractivity contribution is 5.49. The molecule has 0 spiro atoms. The first kappa shape index (κ1) is 14.2. The standard InChI is InChI=1S/C19H24N2/c1-15-6-5-9-19(10-15)21-13-17(12-18(20)14-21)11-16-7-3-2-4-8-16/h2-10,17-18H,11-14,20H2,1H3. The van der Waals surface area contributed by atoms with Crippen LogP contribution in [-0.4, -0.2) is 19.1 Å². The van der Waals surface area contributed by atoms with Crippen molar-refractivity contribution in [2.45, 2.75) is 25.8 Å². The molecule has 0 amide bonds. The van der Waals surface area contributed by atoms with Crippen LogP contribution in [0.4, 0.5) is 5.69 Å². The van der Waals surface area contributed by atoms with Crippen LogP contribution in [0, 0.1) is 12.8 Å². The van der Waals surface area contributed by atoms with Crippen LogP contribution in [0.15, 0.2) is 54.6 Å². The summed E-state index contributed by atoms with van der Waals surface area (Å²) < 4.78 is 0. The van der Waals surface area contributed by atoms with Gasteiger partial charge < -0.3 is 10.6 Å². The Hall–Kier alpha value is -1.80. The number of nitrogens with two attached hydrogens (primary N) is 1. The summed E-state index contributed by atoms with van der Waals surface area (Å²) in [5, 5.41) is 0. The van der Waals surface area contributed by atoms with Crippen molar-refractivity contribution in [3.05, 3.63) is 65.7 Å². The quantitative estimate of drug-likeness (QED) is 0.934. The third kappa shape index (κ3) is 3.64. The van der Waals surface area contributed by atoms with Gasteiger partial charge in [0.25, 0.3) is 0 Å². The van der Waals surface area contributed by atoms with E-state index < -0.39 is 0 Å². The number of piperidine rings is 1. The first-order valence-corrected chi connectivity index (χ1v) is 7.82. The topological polar surface area (TPSA) is 29.3 Å². The normalized spacial score (nSPS) is 22.3. The van der Waals surface area contributed by atoms with E-state index in [-0.39, 0.29) is 6.04 Å². The van der Waals surface area contributed by atoms with Crippen molar-refractivity contribution in [2.24, 2.45) is 11.7 Å². The number of rotatable bonds is 3. The molecule has 2 unspecified atom stereocenters. The van der Waals surface area contributed by atoms with Crippen LogP contribution in [0.2, 0.25) is 0 Å². The highest BCUT2D eigenvalue weighted by Gasteiger charge is 2.25. The minimum Gasteiger partial charge on any atom is -0.370 e. The number of hydrogen-bond donors (Lipinski definition) is 1.